The lowest BCUT2D eigenvalue weighted by atomic mass is 9.81. The second kappa shape index (κ2) is 19.9. The predicted molar refractivity (Wildman–Crippen MR) is 381 cm³/mol. The summed E-state index contributed by atoms with van der Waals surface area (Å²) >= 11 is 0. The lowest BCUT2D eigenvalue weighted by Gasteiger charge is -2.33. The van der Waals surface area contributed by atoms with E-state index in [0.717, 1.165) is 22.7 Å². The molecule has 0 saturated carbocycles. The van der Waals surface area contributed by atoms with E-state index in [1.165, 1.54) is 156 Å². The molecule has 2 nitrogen and oxygen atoms in total. The fourth-order valence-corrected chi connectivity index (χ4v) is 16.7. The number of hydrogen-bond donors (Lipinski definition) is 0. The molecule has 0 heterocycles. The van der Waals surface area contributed by atoms with Crippen molar-refractivity contribution in [2.24, 2.45) is 0 Å². The van der Waals surface area contributed by atoms with Crippen molar-refractivity contribution in [3.8, 4) is 77.9 Å². The van der Waals surface area contributed by atoms with Gasteiger partial charge in [0, 0.05) is 55.5 Å². The Kier molecular flexibility index (Phi) is 12.3. The van der Waals surface area contributed by atoms with Crippen molar-refractivity contribution in [2.45, 2.75) is 105 Å². The van der Waals surface area contributed by atoms with Crippen molar-refractivity contribution >= 4 is 34.1 Å². The van der Waals surface area contributed by atoms with Crippen molar-refractivity contribution in [2.75, 3.05) is 9.80 Å². The standard InChI is InChI=1S/C88H76N2/c1-53-23-21-29-63(59-35-41-69-65-25-13-17-31-73(65)85(5,6)77(69)49-59)83(53)89(61-39-43-71-67-27-15-19-33-75(67)87(9,10)79(71)51-61)81-45-37-57(47-55(81)3)58-38-46-82(56(4)48-58)90(62-40-44-72-68-28-16-20-34-76(68)88(11,12)80(72)52-62)84-54(2)24-22-30-64(84)60-36-42-70-66-26-14-18-32-74(66)86(7,8)78(70)50-60/h13-52H,1-12H3. The maximum Gasteiger partial charge on any atom is 0.0569 e. The molecule has 0 N–H and O–H groups in total. The van der Waals surface area contributed by atoms with Gasteiger partial charge in [0.15, 0.2) is 0 Å². The Morgan fingerprint density at radius 2 is 0.489 bits per heavy atom. The van der Waals surface area contributed by atoms with E-state index in [1.54, 1.807) is 0 Å². The van der Waals surface area contributed by atoms with Crippen LogP contribution in [0.3, 0.4) is 0 Å². The van der Waals surface area contributed by atoms with Crippen LogP contribution in [-0.4, -0.2) is 0 Å². The van der Waals surface area contributed by atoms with E-state index in [2.05, 4.69) is 336 Å². The van der Waals surface area contributed by atoms with Gasteiger partial charge >= 0.3 is 0 Å². The lowest BCUT2D eigenvalue weighted by molar-refractivity contribution is 0.660. The highest BCUT2D eigenvalue weighted by Gasteiger charge is 2.40. The zero-order valence-corrected chi connectivity index (χ0v) is 54.0. The largest absolute Gasteiger partial charge is 0.309 e. The molecule has 0 fully saturated rings. The molecule has 0 amide bonds. The number of benzene rings is 12. The summed E-state index contributed by atoms with van der Waals surface area (Å²) in [7, 11) is 0. The van der Waals surface area contributed by atoms with E-state index in [1.807, 2.05) is 0 Å². The molecule has 0 unspecified atom stereocenters. The van der Waals surface area contributed by atoms with Gasteiger partial charge in [0.05, 0.1) is 11.4 Å². The summed E-state index contributed by atoms with van der Waals surface area (Å²) in [4.78, 5) is 5.14. The Bertz CT molecular complexity index is 4700. The van der Waals surface area contributed by atoms with Gasteiger partial charge < -0.3 is 9.80 Å². The number of aryl methyl sites for hydroxylation is 4. The Labute approximate surface area is 532 Å². The van der Waals surface area contributed by atoms with Crippen LogP contribution in [0.2, 0.25) is 0 Å². The summed E-state index contributed by atoms with van der Waals surface area (Å²) in [6.45, 7) is 28.3. The number of nitrogens with zero attached hydrogens (tertiary/aromatic N) is 2. The van der Waals surface area contributed by atoms with Crippen molar-refractivity contribution < 1.29 is 0 Å². The summed E-state index contributed by atoms with van der Waals surface area (Å²) in [5, 5.41) is 0. The molecule has 0 atom stereocenters. The highest BCUT2D eigenvalue weighted by Crippen LogP contribution is 2.57. The van der Waals surface area contributed by atoms with Crippen LogP contribution in [0.5, 0.6) is 0 Å². The van der Waals surface area contributed by atoms with Crippen LogP contribution < -0.4 is 9.80 Å². The van der Waals surface area contributed by atoms with Crippen LogP contribution in [0, 0.1) is 27.7 Å². The van der Waals surface area contributed by atoms with Crippen LogP contribution in [0.1, 0.15) is 122 Å². The molecule has 0 saturated heterocycles. The summed E-state index contributed by atoms with van der Waals surface area (Å²) in [6.07, 6.45) is 0. The molecule has 16 rings (SSSR count). The van der Waals surface area contributed by atoms with Crippen LogP contribution in [0.25, 0.3) is 77.9 Å². The van der Waals surface area contributed by atoms with Crippen LogP contribution in [0.4, 0.5) is 34.1 Å². The SMILES string of the molecule is Cc1cc(-c2ccc(N(c3ccc4c(c3)C(C)(C)c3ccccc3-4)c3c(C)cccc3-c3ccc4c(c3)C(C)(C)c3ccccc3-4)c(C)c2)ccc1N(c1ccc2c(c1)C(C)(C)c1ccccc1-2)c1c(C)cccc1-c1ccc2c(c1)C(C)(C)c1ccccc1-2. The number of anilines is 6. The summed E-state index contributed by atoms with van der Waals surface area (Å²) in [5.41, 5.74) is 40.1. The molecule has 0 bridgehead atoms. The van der Waals surface area contributed by atoms with E-state index >= 15 is 0 Å². The van der Waals surface area contributed by atoms with Gasteiger partial charge in [0.1, 0.15) is 0 Å². The van der Waals surface area contributed by atoms with Crippen LogP contribution in [-0.2, 0) is 21.7 Å². The molecule has 0 aromatic heterocycles. The highest BCUT2D eigenvalue weighted by molar-refractivity contribution is 5.97. The third kappa shape index (κ3) is 8.09. The molecule has 438 valence electrons. The minimum Gasteiger partial charge on any atom is -0.309 e. The molecular weight excluding hydrogens is 1080 g/mol. The van der Waals surface area contributed by atoms with E-state index in [4.69, 9.17) is 0 Å². The Morgan fingerprint density at radius 1 is 0.211 bits per heavy atom. The summed E-state index contributed by atoms with van der Waals surface area (Å²) in [5.74, 6) is 0. The number of para-hydroxylation sites is 2. The molecule has 4 aliphatic carbocycles. The minimum atomic E-state index is -0.170. The molecule has 0 spiro atoms. The van der Waals surface area contributed by atoms with E-state index in [9.17, 15) is 0 Å². The van der Waals surface area contributed by atoms with Crippen LogP contribution in [0.15, 0.2) is 243 Å². The van der Waals surface area contributed by atoms with Gasteiger partial charge in [-0.3, -0.25) is 0 Å². The summed E-state index contributed by atoms with van der Waals surface area (Å²) in [6, 6.07) is 92.8. The van der Waals surface area contributed by atoms with Gasteiger partial charge in [-0.05, 0) is 222 Å². The second-order valence-corrected chi connectivity index (χ2v) is 28.3. The van der Waals surface area contributed by atoms with Crippen LogP contribution >= 0.6 is 0 Å². The van der Waals surface area contributed by atoms with Gasteiger partial charge in [0.2, 0.25) is 0 Å². The van der Waals surface area contributed by atoms with Crippen molar-refractivity contribution in [1.82, 2.24) is 0 Å². The van der Waals surface area contributed by atoms with E-state index in [-0.39, 0.29) is 21.7 Å². The average molecular weight is 1160 g/mol. The quantitative estimate of drug-likeness (QED) is 0.142. The summed E-state index contributed by atoms with van der Waals surface area (Å²) < 4.78 is 0. The van der Waals surface area contributed by atoms with Gasteiger partial charge in [-0.25, -0.2) is 0 Å². The molecule has 2 heteroatoms. The molecule has 4 aliphatic rings. The molecule has 12 aromatic carbocycles. The van der Waals surface area contributed by atoms with Gasteiger partial charge in [-0.2, -0.15) is 0 Å². The van der Waals surface area contributed by atoms with E-state index in [0.29, 0.717) is 0 Å². The number of fused-ring (bicyclic) bond motifs is 12. The van der Waals surface area contributed by atoms with Gasteiger partial charge in [-0.15, -0.1) is 0 Å². The number of hydrogen-bond acceptors (Lipinski definition) is 2. The monoisotopic (exact) mass is 1160 g/mol. The smallest absolute Gasteiger partial charge is 0.0569 e. The lowest BCUT2D eigenvalue weighted by Crippen LogP contribution is -2.18. The average Bonchev–Trinajstić information content (AvgIpc) is 1.53. The minimum absolute atomic E-state index is 0.128. The Balaban J connectivity index is 0.833. The first-order valence-electron chi connectivity index (χ1n) is 32.3. The van der Waals surface area contributed by atoms with Crippen molar-refractivity contribution in [3.63, 3.8) is 0 Å². The molecular formula is C88H76N2. The number of rotatable bonds is 9. The maximum absolute atomic E-state index is 2.57. The Morgan fingerprint density at radius 3 is 0.822 bits per heavy atom. The first-order valence-corrected chi connectivity index (χ1v) is 32.3. The van der Waals surface area contributed by atoms with Gasteiger partial charge in [0.25, 0.3) is 0 Å². The second-order valence-electron chi connectivity index (χ2n) is 28.3. The Hall–Kier alpha value is -9.76. The maximum atomic E-state index is 2.57. The predicted octanol–water partition coefficient (Wildman–Crippen LogP) is 24.1. The normalized spacial score (nSPS) is 15.0. The first kappa shape index (κ1) is 55.5. The van der Waals surface area contributed by atoms with E-state index < -0.39 is 0 Å². The molecule has 12 aromatic rings. The fourth-order valence-electron chi connectivity index (χ4n) is 16.7. The third-order valence-electron chi connectivity index (χ3n) is 21.6. The fraction of sp³-hybridized carbons (Fsp3) is 0.182. The molecule has 0 aliphatic heterocycles. The topological polar surface area (TPSA) is 6.48 Å². The van der Waals surface area contributed by atoms with Gasteiger partial charge in [-0.1, -0.05) is 237 Å². The highest BCUT2D eigenvalue weighted by atomic mass is 15.2. The van der Waals surface area contributed by atoms with Crippen molar-refractivity contribution in [1.29, 1.82) is 0 Å². The molecule has 90 heavy (non-hydrogen) atoms. The van der Waals surface area contributed by atoms with Crippen molar-refractivity contribution in [3.05, 3.63) is 309 Å². The zero-order valence-electron chi connectivity index (χ0n) is 54.0. The first-order chi connectivity index (χ1) is 43.3. The molecule has 0 radical (unpaired) electrons. The third-order valence-corrected chi connectivity index (χ3v) is 21.6. The zero-order chi connectivity index (χ0) is 61.9.